The Labute approximate surface area is 157 Å². The first-order valence-electron chi connectivity index (χ1n) is 8.75. The molecule has 0 aliphatic heterocycles. The average molecular weight is 354 g/mol. The molecule has 0 bridgehead atoms. The van der Waals surface area contributed by atoms with Gasteiger partial charge in [0.05, 0.1) is 12.1 Å². The number of benzene rings is 3. The van der Waals surface area contributed by atoms with E-state index in [-0.39, 0.29) is 0 Å². The molecule has 1 heterocycles. The number of Topliss-reactive ketones (excluding diaryl/α,β-unsaturated/α-hetero) is 1. The van der Waals surface area contributed by atoms with Crippen LogP contribution in [0.1, 0.15) is 15.9 Å². The molecule has 0 radical (unpaired) electrons. The van der Waals surface area contributed by atoms with Crippen LogP contribution in [0.5, 0.6) is 0 Å². The zero-order valence-electron chi connectivity index (χ0n) is 14.6. The predicted molar refractivity (Wildman–Crippen MR) is 107 cm³/mol. The molecule has 0 aliphatic carbocycles. The van der Waals surface area contributed by atoms with E-state index in [1.54, 1.807) is 6.20 Å². The molecule has 0 fully saturated rings. The molecule has 0 unspecified atom stereocenters. The Hall–Kier alpha value is -3.66. The highest BCUT2D eigenvalue weighted by atomic mass is 16.2. The van der Waals surface area contributed by atoms with Crippen molar-refractivity contribution in [3.8, 4) is 0 Å². The first kappa shape index (κ1) is 16.8. The van der Waals surface area contributed by atoms with Crippen molar-refractivity contribution in [2.24, 2.45) is 0 Å². The third-order valence-corrected chi connectivity index (χ3v) is 4.52. The van der Waals surface area contributed by atoms with Gasteiger partial charge in [0.1, 0.15) is 0 Å². The molecule has 1 aromatic heterocycles. The number of hydrogen-bond acceptors (Lipinski definition) is 2. The number of fused-ring (bicyclic) bond motifs is 1. The van der Waals surface area contributed by atoms with E-state index in [1.807, 2.05) is 84.9 Å². The summed E-state index contributed by atoms with van der Waals surface area (Å²) in [5.41, 5.74) is 2.88. The van der Waals surface area contributed by atoms with Crippen molar-refractivity contribution in [3.05, 3.63) is 102 Å². The van der Waals surface area contributed by atoms with Gasteiger partial charge in [0.2, 0.25) is 0 Å². The monoisotopic (exact) mass is 354 g/mol. The highest BCUT2D eigenvalue weighted by Crippen LogP contribution is 2.22. The van der Waals surface area contributed by atoms with Crippen LogP contribution >= 0.6 is 0 Å². The van der Waals surface area contributed by atoms with Crippen molar-refractivity contribution >= 4 is 28.3 Å². The number of anilines is 1. The summed E-state index contributed by atoms with van der Waals surface area (Å²) in [7, 11) is 0. The van der Waals surface area contributed by atoms with Crippen molar-refractivity contribution < 1.29 is 9.59 Å². The topological polar surface area (TPSA) is 53.2 Å². The highest BCUT2D eigenvalue weighted by Gasteiger charge is 2.26. The number of ketones is 1. The second kappa shape index (κ2) is 7.30. The van der Waals surface area contributed by atoms with E-state index in [9.17, 15) is 9.59 Å². The van der Waals surface area contributed by atoms with E-state index >= 15 is 0 Å². The second-order valence-corrected chi connectivity index (χ2v) is 6.29. The fourth-order valence-corrected chi connectivity index (χ4v) is 3.15. The van der Waals surface area contributed by atoms with E-state index in [0.29, 0.717) is 17.8 Å². The molecular weight excluding hydrogens is 336 g/mol. The summed E-state index contributed by atoms with van der Waals surface area (Å²) in [6.45, 7) is 0.331. The Morgan fingerprint density at radius 2 is 1.41 bits per heavy atom. The normalized spacial score (nSPS) is 10.7. The number of aromatic amines is 1. The minimum absolute atomic E-state index is 0.331. The first-order valence-corrected chi connectivity index (χ1v) is 8.75. The zero-order chi connectivity index (χ0) is 18.6. The third kappa shape index (κ3) is 3.37. The third-order valence-electron chi connectivity index (χ3n) is 4.52. The molecule has 0 saturated heterocycles. The van der Waals surface area contributed by atoms with Crippen LogP contribution in [0, 0.1) is 0 Å². The molecule has 27 heavy (non-hydrogen) atoms. The standard InChI is InChI=1S/C23H18N2O2/c26-22(20-15-24-21-14-8-7-13-19(20)21)23(27)25(18-11-5-2-6-12-18)16-17-9-3-1-4-10-17/h1-15,24H,16H2. The summed E-state index contributed by atoms with van der Waals surface area (Å²) >= 11 is 0. The molecule has 0 aliphatic rings. The predicted octanol–water partition coefficient (Wildman–Crippen LogP) is 4.58. The lowest BCUT2D eigenvalue weighted by Crippen LogP contribution is -2.36. The number of aromatic nitrogens is 1. The van der Waals surface area contributed by atoms with Gasteiger partial charge in [-0.15, -0.1) is 0 Å². The maximum atomic E-state index is 13.2. The first-order chi connectivity index (χ1) is 13.2. The second-order valence-electron chi connectivity index (χ2n) is 6.29. The number of rotatable bonds is 5. The number of para-hydroxylation sites is 2. The lowest BCUT2D eigenvalue weighted by Gasteiger charge is -2.22. The number of nitrogens with one attached hydrogen (secondary N) is 1. The van der Waals surface area contributed by atoms with Crippen LogP contribution in [0.15, 0.2) is 91.1 Å². The molecule has 0 saturated carbocycles. The summed E-state index contributed by atoms with van der Waals surface area (Å²) in [6.07, 6.45) is 1.61. The molecule has 1 N–H and O–H groups in total. The lowest BCUT2D eigenvalue weighted by atomic mass is 10.1. The van der Waals surface area contributed by atoms with Gasteiger partial charge < -0.3 is 9.88 Å². The number of amides is 1. The van der Waals surface area contributed by atoms with Gasteiger partial charge in [0.15, 0.2) is 0 Å². The SMILES string of the molecule is O=C(C(=O)N(Cc1ccccc1)c1ccccc1)c1c[nH]c2ccccc12. The summed E-state index contributed by atoms with van der Waals surface area (Å²) in [4.78, 5) is 30.8. The fourth-order valence-electron chi connectivity index (χ4n) is 3.15. The molecule has 4 heteroatoms. The maximum Gasteiger partial charge on any atom is 0.299 e. The van der Waals surface area contributed by atoms with E-state index in [2.05, 4.69) is 4.98 Å². The largest absolute Gasteiger partial charge is 0.360 e. The Kier molecular flexibility index (Phi) is 4.54. The lowest BCUT2D eigenvalue weighted by molar-refractivity contribution is -0.114. The van der Waals surface area contributed by atoms with E-state index < -0.39 is 11.7 Å². The number of hydrogen-bond donors (Lipinski definition) is 1. The number of carbonyl (C=O) groups excluding carboxylic acids is 2. The molecule has 132 valence electrons. The van der Waals surface area contributed by atoms with Gasteiger partial charge in [-0.2, -0.15) is 0 Å². The molecule has 0 spiro atoms. The van der Waals surface area contributed by atoms with Gasteiger partial charge >= 0.3 is 0 Å². The Balaban J connectivity index is 1.71. The van der Waals surface area contributed by atoms with Crippen LogP contribution in [0.25, 0.3) is 10.9 Å². The van der Waals surface area contributed by atoms with Crippen LogP contribution in [0.3, 0.4) is 0 Å². The summed E-state index contributed by atoms with van der Waals surface area (Å²) in [6, 6.07) is 26.4. The maximum absolute atomic E-state index is 13.2. The molecule has 4 nitrogen and oxygen atoms in total. The van der Waals surface area contributed by atoms with Crippen molar-refractivity contribution in [1.29, 1.82) is 0 Å². The van der Waals surface area contributed by atoms with Gasteiger partial charge in [-0.25, -0.2) is 0 Å². The Morgan fingerprint density at radius 1 is 0.778 bits per heavy atom. The zero-order valence-corrected chi connectivity index (χ0v) is 14.6. The van der Waals surface area contributed by atoms with Gasteiger partial charge in [0, 0.05) is 22.8 Å². The summed E-state index contributed by atoms with van der Waals surface area (Å²) in [5, 5.41) is 0.753. The number of H-pyrrole nitrogens is 1. The van der Waals surface area contributed by atoms with E-state index in [0.717, 1.165) is 16.5 Å². The van der Waals surface area contributed by atoms with E-state index in [4.69, 9.17) is 0 Å². The minimum atomic E-state index is -0.546. The van der Waals surface area contributed by atoms with Gasteiger partial charge in [-0.1, -0.05) is 66.7 Å². The molecular formula is C23H18N2O2. The molecule has 0 atom stereocenters. The Bertz CT molecular complexity index is 1090. The molecule has 1 amide bonds. The van der Waals surface area contributed by atoms with Crippen molar-refractivity contribution in [2.75, 3.05) is 4.90 Å². The smallest absolute Gasteiger partial charge is 0.299 e. The van der Waals surface area contributed by atoms with Gasteiger partial charge in [-0.05, 0) is 23.8 Å². The minimum Gasteiger partial charge on any atom is -0.360 e. The Morgan fingerprint density at radius 3 is 2.15 bits per heavy atom. The number of nitrogens with zero attached hydrogens (tertiary/aromatic N) is 1. The van der Waals surface area contributed by atoms with Gasteiger partial charge in [-0.3, -0.25) is 9.59 Å². The summed E-state index contributed by atoms with van der Waals surface area (Å²) < 4.78 is 0. The van der Waals surface area contributed by atoms with Crippen molar-refractivity contribution in [2.45, 2.75) is 6.54 Å². The van der Waals surface area contributed by atoms with Crippen LogP contribution in [0.4, 0.5) is 5.69 Å². The van der Waals surface area contributed by atoms with Crippen molar-refractivity contribution in [1.82, 2.24) is 4.98 Å². The molecule has 4 rings (SSSR count). The van der Waals surface area contributed by atoms with Gasteiger partial charge in [0.25, 0.3) is 11.7 Å². The molecule has 3 aromatic carbocycles. The van der Waals surface area contributed by atoms with Crippen LogP contribution < -0.4 is 4.90 Å². The van der Waals surface area contributed by atoms with Crippen LogP contribution in [-0.4, -0.2) is 16.7 Å². The van der Waals surface area contributed by atoms with Crippen LogP contribution in [0.2, 0.25) is 0 Å². The quantitative estimate of drug-likeness (QED) is 0.421. The fraction of sp³-hybridized carbons (Fsp3) is 0.0435. The number of carbonyl (C=O) groups is 2. The van der Waals surface area contributed by atoms with Crippen LogP contribution in [-0.2, 0) is 11.3 Å². The van der Waals surface area contributed by atoms with Crippen molar-refractivity contribution in [3.63, 3.8) is 0 Å². The molecule has 4 aromatic rings. The highest BCUT2D eigenvalue weighted by molar-refractivity contribution is 6.48. The summed E-state index contributed by atoms with van der Waals surface area (Å²) in [5.74, 6) is -1.07. The average Bonchev–Trinajstić information content (AvgIpc) is 3.16. The van der Waals surface area contributed by atoms with E-state index in [1.165, 1.54) is 4.90 Å².